The van der Waals surface area contributed by atoms with Gasteiger partial charge in [0.25, 0.3) is 0 Å². The van der Waals surface area contributed by atoms with E-state index >= 15 is 0 Å². The first-order chi connectivity index (χ1) is 6.77. The fraction of sp³-hybridized carbons (Fsp3) is 0.636. The summed E-state index contributed by atoms with van der Waals surface area (Å²) in [5, 5.41) is 0. The van der Waals surface area contributed by atoms with Crippen molar-refractivity contribution in [1.29, 1.82) is 0 Å². The summed E-state index contributed by atoms with van der Waals surface area (Å²) in [7, 11) is 0. The van der Waals surface area contributed by atoms with Crippen LogP contribution in [0.4, 0.5) is 0 Å². The molecule has 1 aliphatic carbocycles. The van der Waals surface area contributed by atoms with Crippen LogP contribution in [0.2, 0.25) is 0 Å². The third-order valence-corrected chi connectivity index (χ3v) is 2.96. The maximum absolute atomic E-state index is 11.5. The Morgan fingerprint density at radius 3 is 3.07 bits per heavy atom. The van der Waals surface area contributed by atoms with Crippen molar-refractivity contribution in [3.63, 3.8) is 0 Å². The molecule has 1 atom stereocenters. The van der Waals surface area contributed by atoms with Gasteiger partial charge in [0.1, 0.15) is 5.78 Å². The van der Waals surface area contributed by atoms with Crippen LogP contribution >= 0.6 is 0 Å². The molecule has 0 saturated heterocycles. The third kappa shape index (κ3) is 1.86. The number of carbonyl (C=O) groups is 1. The van der Waals surface area contributed by atoms with E-state index in [-0.39, 0.29) is 0 Å². The van der Waals surface area contributed by atoms with Crippen molar-refractivity contribution >= 4 is 5.78 Å². The fourth-order valence-electron chi connectivity index (χ4n) is 2.16. The maximum atomic E-state index is 11.5. The van der Waals surface area contributed by atoms with Gasteiger partial charge in [0.2, 0.25) is 0 Å². The molecule has 1 saturated carbocycles. The number of hydrogen-bond acceptors (Lipinski definition) is 2. The van der Waals surface area contributed by atoms with Gasteiger partial charge in [0, 0.05) is 30.8 Å². The number of aryl methyl sites for hydroxylation is 1. The SMILES string of the molecule is Cc1cncn1C1CCCCC(=O)C1. The Morgan fingerprint density at radius 1 is 1.50 bits per heavy atom. The summed E-state index contributed by atoms with van der Waals surface area (Å²) in [6, 6.07) is 0.354. The number of rotatable bonds is 1. The monoisotopic (exact) mass is 192 g/mol. The highest BCUT2D eigenvalue weighted by Gasteiger charge is 2.19. The highest BCUT2D eigenvalue weighted by atomic mass is 16.1. The predicted molar refractivity (Wildman–Crippen MR) is 54.1 cm³/mol. The molecule has 0 aliphatic heterocycles. The summed E-state index contributed by atoms with van der Waals surface area (Å²) in [4.78, 5) is 15.6. The standard InChI is InChI=1S/C11H16N2O/c1-9-7-12-8-13(9)10-4-2-3-5-11(14)6-10/h7-8,10H,2-6H2,1H3. The molecular formula is C11H16N2O. The molecule has 2 rings (SSSR count). The number of Topliss-reactive ketones (excluding diaryl/α,β-unsaturated/α-hetero) is 1. The van der Waals surface area contributed by atoms with Crippen molar-refractivity contribution in [3.8, 4) is 0 Å². The number of ketones is 1. The van der Waals surface area contributed by atoms with Gasteiger partial charge in [-0.1, -0.05) is 6.42 Å². The molecular weight excluding hydrogens is 176 g/mol. The first-order valence-corrected chi connectivity index (χ1v) is 5.27. The zero-order valence-electron chi connectivity index (χ0n) is 8.57. The van der Waals surface area contributed by atoms with Gasteiger partial charge in [-0.05, 0) is 19.8 Å². The Hall–Kier alpha value is -1.12. The van der Waals surface area contributed by atoms with E-state index in [9.17, 15) is 4.79 Å². The van der Waals surface area contributed by atoms with Gasteiger partial charge in [-0.2, -0.15) is 0 Å². The molecule has 14 heavy (non-hydrogen) atoms. The van der Waals surface area contributed by atoms with E-state index in [1.54, 1.807) is 0 Å². The van der Waals surface area contributed by atoms with Gasteiger partial charge in [0.15, 0.2) is 0 Å². The first-order valence-electron chi connectivity index (χ1n) is 5.27. The average Bonchev–Trinajstić information content (AvgIpc) is 2.45. The van der Waals surface area contributed by atoms with Crippen LogP contribution in [0, 0.1) is 6.92 Å². The van der Waals surface area contributed by atoms with E-state index in [2.05, 4.69) is 9.55 Å². The second-order valence-corrected chi connectivity index (χ2v) is 4.08. The molecule has 1 aromatic rings. The van der Waals surface area contributed by atoms with Gasteiger partial charge in [-0.3, -0.25) is 4.79 Å². The number of nitrogens with zero attached hydrogens (tertiary/aromatic N) is 2. The lowest BCUT2D eigenvalue weighted by Crippen LogP contribution is -2.11. The van der Waals surface area contributed by atoms with Crippen LogP contribution in [-0.4, -0.2) is 15.3 Å². The van der Waals surface area contributed by atoms with Crippen molar-refractivity contribution in [2.45, 2.75) is 45.1 Å². The Labute approximate surface area is 84.1 Å². The van der Waals surface area contributed by atoms with Crippen LogP contribution in [0.5, 0.6) is 0 Å². The van der Waals surface area contributed by atoms with Gasteiger partial charge < -0.3 is 4.57 Å². The van der Waals surface area contributed by atoms with Crippen LogP contribution < -0.4 is 0 Å². The zero-order valence-corrected chi connectivity index (χ0v) is 8.57. The van der Waals surface area contributed by atoms with Gasteiger partial charge in [0.05, 0.1) is 6.33 Å². The Balaban J connectivity index is 2.17. The molecule has 1 fully saturated rings. The topological polar surface area (TPSA) is 34.9 Å². The van der Waals surface area contributed by atoms with Crippen molar-refractivity contribution in [2.75, 3.05) is 0 Å². The molecule has 0 bridgehead atoms. The fourth-order valence-corrected chi connectivity index (χ4v) is 2.16. The van der Waals surface area contributed by atoms with E-state index in [0.717, 1.165) is 31.4 Å². The molecule has 0 amide bonds. The van der Waals surface area contributed by atoms with E-state index in [1.165, 1.54) is 0 Å². The lowest BCUT2D eigenvalue weighted by molar-refractivity contribution is -0.119. The quantitative estimate of drug-likeness (QED) is 0.640. The molecule has 76 valence electrons. The summed E-state index contributed by atoms with van der Waals surface area (Å²) >= 11 is 0. The van der Waals surface area contributed by atoms with Gasteiger partial charge >= 0.3 is 0 Å². The molecule has 1 aliphatic rings. The smallest absolute Gasteiger partial charge is 0.134 e. The van der Waals surface area contributed by atoms with E-state index in [1.807, 2.05) is 19.4 Å². The zero-order chi connectivity index (χ0) is 9.97. The third-order valence-electron chi connectivity index (χ3n) is 2.96. The Kier molecular flexibility index (Phi) is 2.66. The van der Waals surface area contributed by atoms with E-state index in [4.69, 9.17) is 0 Å². The lowest BCUT2D eigenvalue weighted by atomic mass is 10.1. The van der Waals surface area contributed by atoms with E-state index in [0.29, 0.717) is 18.2 Å². The van der Waals surface area contributed by atoms with Gasteiger partial charge in [-0.25, -0.2) is 4.98 Å². The minimum Gasteiger partial charge on any atom is -0.331 e. The number of hydrogen-bond donors (Lipinski definition) is 0. The first kappa shape index (κ1) is 9.44. The summed E-state index contributed by atoms with van der Waals surface area (Å²) in [6.07, 6.45) is 8.50. The summed E-state index contributed by atoms with van der Waals surface area (Å²) in [5.74, 6) is 0.403. The molecule has 1 unspecified atom stereocenters. The molecule has 1 heterocycles. The molecule has 0 N–H and O–H groups in total. The molecule has 3 nitrogen and oxygen atoms in total. The number of carbonyl (C=O) groups excluding carboxylic acids is 1. The summed E-state index contributed by atoms with van der Waals surface area (Å²) in [6.45, 7) is 2.04. The Morgan fingerprint density at radius 2 is 2.36 bits per heavy atom. The number of aromatic nitrogens is 2. The largest absolute Gasteiger partial charge is 0.331 e. The molecule has 0 spiro atoms. The van der Waals surface area contributed by atoms with Crippen molar-refractivity contribution in [3.05, 3.63) is 18.2 Å². The normalized spacial score (nSPS) is 23.5. The van der Waals surface area contributed by atoms with Crippen molar-refractivity contribution in [2.24, 2.45) is 0 Å². The van der Waals surface area contributed by atoms with Crippen LogP contribution in [0.3, 0.4) is 0 Å². The van der Waals surface area contributed by atoms with E-state index < -0.39 is 0 Å². The van der Waals surface area contributed by atoms with Crippen molar-refractivity contribution < 1.29 is 4.79 Å². The molecule has 0 radical (unpaired) electrons. The van der Waals surface area contributed by atoms with Crippen LogP contribution in [-0.2, 0) is 4.79 Å². The number of imidazole rings is 1. The van der Waals surface area contributed by atoms with Crippen LogP contribution in [0.1, 0.15) is 43.8 Å². The maximum Gasteiger partial charge on any atom is 0.134 e. The highest BCUT2D eigenvalue weighted by molar-refractivity contribution is 5.79. The van der Waals surface area contributed by atoms with Gasteiger partial charge in [-0.15, -0.1) is 0 Å². The van der Waals surface area contributed by atoms with Crippen LogP contribution in [0.15, 0.2) is 12.5 Å². The summed E-state index contributed by atoms with van der Waals surface area (Å²) < 4.78 is 2.14. The second kappa shape index (κ2) is 3.95. The minimum absolute atomic E-state index is 0.354. The van der Waals surface area contributed by atoms with Crippen LogP contribution in [0.25, 0.3) is 0 Å². The predicted octanol–water partition coefficient (Wildman–Crippen LogP) is 2.27. The second-order valence-electron chi connectivity index (χ2n) is 4.08. The lowest BCUT2D eigenvalue weighted by Gasteiger charge is -2.16. The average molecular weight is 192 g/mol. The molecule has 0 aromatic carbocycles. The molecule has 3 heteroatoms. The molecule has 1 aromatic heterocycles. The minimum atomic E-state index is 0.354. The summed E-state index contributed by atoms with van der Waals surface area (Å²) in [5.41, 5.74) is 1.16. The van der Waals surface area contributed by atoms with Crippen molar-refractivity contribution in [1.82, 2.24) is 9.55 Å². The Bertz CT molecular complexity index is 330. The highest BCUT2D eigenvalue weighted by Crippen LogP contribution is 2.25.